The van der Waals surface area contributed by atoms with Gasteiger partial charge in [0.15, 0.2) is 5.75 Å². The summed E-state index contributed by atoms with van der Waals surface area (Å²) in [6.07, 6.45) is 3.50. The lowest BCUT2D eigenvalue weighted by Crippen LogP contribution is -2.11. The number of nitrogens with zero attached hydrogens (tertiary/aromatic N) is 1. The zero-order chi connectivity index (χ0) is 11.8. The number of anilines is 1. The van der Waals surface area contributed by atoms with Crippen LogP contribution in [-0.2, 0) is 10.0 Å². The van der Waals surface area contributed by atoms with Crippen LogP contribution in [0.3, 0.4) is 0 Å². The molecule has 16 heavy (non-hydrogen) atoms. The topological polar surface area (TPSA) is 68.3 Å². The molecule has 1 aliphatic carbocycles. The zero-order valence-electron chi connectivity index (χ0n) is 8.60. The van der Waals surface area contributed by atoms with Crippen molar-refractivity contribution in [2.75, 3.05) is 11.0 Å². The van der Waals surface area contributed by atoms with Gasteiger partial charge in [0.1, 0.15) is 10.4 Å². The van der Waals surface area contributed by atoms with E-state index in [0.717, 1.165) is 19.1 Å². The fraction of sp³-hybridized carbons (Fsp3) is 0.444. The number of halogens is 1. The molecule has 0 atom stereocenters. The van der Waals surface area contributed by atoms with Gasteiger partial charge in [0, 0.05) is 0 Å². The Morgan fingerprint density at radius 2 is 2.19 bits per heavy atom. The minimum Gasteiger partial charge on any atom is -0.488 e. The third-order valence-electron chi connectivity index (χ3n) is 1.92. The molecule has 2 rings (SSSR count). The van der Waals surface area contributed by atoms with E-state index in [1.165, 1.54) is 0 Å². The van der Waals surface area contributed by atoms with Gasteiger partial charge in [-0.25, -0.2) is 13.4 Å². The molecule has 1 aliphatic rings. The molecule has 0 aliphatic heterocycles. The first-order valence-electron chi connectivity index (χ1n) is 4.75. The largest absolute Gasteiger partial charge is 0.488 e. The number of sulfonamides is 1. The van der Waals surface area contributed by atoms with E-state index in [1.54, 1.807) is 12.1 Å². The Kier molecular flexibility index (Phi) is 3.07. The summed E-state index contributed by atoms with van der Waals surface area (Å²) < 4.78 is 30.3. The Morgan fingerprint density at radius 1 is 1.50 bits per heavy atom. The van der Waals surface area contributed by atoms with Crippen molar-refractivity contribution in [1.82, 2.24) is 4.98 Å². The Labute approximate surface area is 102 Å². The highest BCUT2D eigenvalue weighted by atomic mass is 79.9. The lowest BCUT2D eigenvalue weighted by molar-refractivity contribution is 0.300. The van der Waals surface area contributed by atoms with Gasteiger partial charge in [-0.15, -0.1) is 0 Å². The molecule has 1 saturated carbocycles. The van der Waals surface area contributed by atoms with Gasteiger partial charge in [-0.3, -0.25) is 4.72 Å². The fourth-order valence-corrected chi connectivity index (χ4v) is 2.03. The second kappa shape index (κ2) is 4.21. The van der Waals surface area contributed by atoms with Crippen LogP contribution < -0.4 is 9.46 Å². The molecule has 1 N–H and O–H groups in total. The maximum atomic E-state index is 11.0. The van der Waals surface area contributed by atoms with Crippen molar-refractivity contribution in [3.05, 3.63) is 16.7 Å². The van der Waals surface area contributed by atoms with Gasteiger partial charge < -0.3 is 4.74 Å². The molecule has 0 saturated heterocycles. The number of aromatic nitrogens is 1. The van der Waals surface area contributed by atoms with Gasteiger partial charge in [-0.1, -0.05) is 0 Å². The van der Waals surface area contributed by atoms with E-state index in [0.29, 0.717) is 10.4 Å². The van der Waals surface area contributed by atoms with Crippen LogP contribution in [0.5, 0.6) is 5.75 Å². The Balaban J connectivity index is 2.14. The second-order valence-electron chi connectivity index (χ2n) is 3.68. The van der Waals surface area contributed by atoms with Crippen LogP contribution >= 0.6 is 15.9 Å². The van der Waals surface area contributed by atoms with Gasteiger partial charge in [-0.05, 0) is 40.9 Å². The third kappa shape index (κ3) is 3.34. The number of hydrogen-bond acceptors (Lipinski definition) is 4. The van der Waals surface area contributed by atoms with E-state index in [-0.39, 0.29) is 11.9 Å². The Hall–Kier alpha value is -0.820. The first-order valence-corrected chi connectivity index (χ1v) is 7.43. The lowest BCUT2D eigenvalue weighted by Gasteiger charge is -2.08. The molecule has 0 bridgehead atoms. The van der Waals surface area contributed by atoms with Crippen LogP contribution in [0.15, 0.2) is 16.7 Å². The number of nitrogens with one attached hydrogen (secondary N) is 1. The van der Waals surface area contributed by atoms with Crippen LogP contribution in [0, 0.1) is 0 Å². The number of rotatable bonds is 4. The maximum absolute atomic E-state index is 11.0. The molecule has 0 radical (unpaired) electrons. The van der Waals surface area contributed by atoms with Gasteiger partial charge >= 0.3 is 0 Å². The highest BCUT2D eigenvalue weighted by Gasteiger charge is 2.24. The smallest absolute Gasteiger partial charge is 0.230 e. The van der Waals surface area contributed by atoms with Crippen molar-refractivity contribution in [2.45, 2.75) is 18.9 Å². The summed E-state index contributed by atoms with van der Waals surface area (Å²) in [5, 5.41) is 0. The van der Waals surface area contributed by atoms with Crippen LogP contribution in [0.1, 0.15) is 12.8 Å². The quantitative estimate of drug-likeness (QED) is 0.861. The van der Waals surface area contributed by atoms with Crippen LogP contribution in [0.4, 0.5) is 5.82 Å². The highest BCUT2D eigenvalue weighted by molar-refractivity contribution is 9.10. The van der Waals surface area contributed by atoms with Crippen molar-refractivity contribution in [3.8, 4) is 5.75 Å². The predicted molar refractivity (Wildman–Crippen MR) is 64.1 cm³/mol. The molecule has 0 aromatic carbocycles. The summed E-state index contributed by atoms with van der Waals surface area (Å²) in [5.74, 6) is 0.916. The van der Waals surface area contributed by atoms with Crippen molar-refractivity contribution >= 4 is 31.8 Å². The SMILES string of the molecule is CS(=O)(=O)Nc1ccc(OC2CC2)c(Br)n1. The van der Waals surface area contributed by atoms with Crippen molar-refractivity contribution in [1.29, 1.82) is 0 Å². The molecule has 0 unspecified atom stereocenters. The van der Waals surface area contributed by atoms with Crippen molar-refractivity contribution < 1.29 is 13.2 Å². The van der Waals surface area contributed by atoms with Gasteiger partial charge in [0.25, 0.3) is 0 Å². The van der Waals surface area contributed by atoms with Crippen LogP contribution in [-0.4, -0.2) is 25.8 Å². The summed E-state index contributed by atoms with van der Waals surface area (Å²) >= 11 is 3.24. The average molecular weight is 307 g/mol. The second-order valence-corrected chi connectivity index (χ2v) is 6.18. The first-order chi connectivity index (χ1) is 7.44. The minimum absolute atomic E-state index is 0.275. The van der Waals surface area contributed by atoms with Gasteiger partial charge in [0.05, 0.1) is 12.4 Å². The maximum Gasteiger partial charge on any atom is 0.230 e. The highest BCUT2D eigenvalue weighted by Crippen LogP contribution is 2.31. The summed E-state index contributed by atoms with van der Waals surface area (Å²) in [7, 11) is -3.29. The van der Waals surface area contributed by atoms with Gasteiger partial charge in [0.2, 0.25) is 10.0 Å². The van der Waals surface area contributed by atoms with E-state index in [1.807, 2.05) is 0 Å². The molecule has 1 aromatic rings. The molecular weight excluding hydrogens is 296 g/mol. The van der Waals surface area contributed by atoms with Crippen molar-refractivity contribution in [3.63, 3.8) is 0 Å². The molecule has 1 fully saturated rings. The molecule has 5 nitrogen and oxygen atoms in total. The summed E-state index contributed by atoms with van der Waals surface area (Å²) in [5.41, 5.74) is 0. The molecule has 1 heterocycles. The Bertz CT molecular complexity index is 499. The summed E-state index contributed by atoms with van der Waals surface area (Å²) in [6.45, 7) is 0. The molecule has 7 heteroatoms. The number of hydrogen-bond donors (Lipinski definition) is 1. The summed E-state index contributed by atoms with van der Waals surface area (Å²) in [4.78, 5) is 4.04. The minimum atomic E-state index is -3.29. The third-order valence-corrected chi connectivity index (χ3v) is 3.07. The van der Waals surface area contributed by atoms with Gasteiger partial charge in [-0.2, -0.15) is 0 Å². The lowest BCUT2D eigenvalue weighted by atomic mass is 10.4. The van der Waals surface area contributed by atoms with E-state index in [9.17, 15) is 8.42 Å². The van der Waals surface area contributed by atoms with Crippen LogP contribution in [0.2, 0.25) is 0 Å². The summed E-state index contributed by atoms with van der Waals surface area (Å²) in [6, 6.07) is 3.27. The normalized spacial score (nSPS) is 15.9. The molecule has 88 valence electrons. The van der Waals surface area contributed by atoms with E-state index in [2.05, 4.69) is 25.6 Å². The first kappa shape index (κ1) is 11.7. The van der Waals surface area contributed by atoms with E-state index in [4.69, 9.17) is 4.74 Å². The molecular formula is C9H11BrN2O3S. The number of pyridine rings is 1. The molecule has 0 spiro atoms. The van der Waals surface area contributed by atoms with Crippen molar-refractivity contribution in [2.24, 2.45) is 0 Å². The predicted octanol–water partition coefficient (Wildman–Crippen LogP) is 1.76. The fourth-order valence-electron chi connectivity index (χ4n) is 1.12. The van der Waals surface area contributed by atoms with E-state index >= 15 is 0 Å². The number of ether oxygens (including phenoxy) is 1. The standard InChI is InChI=1S/C9H11BrN2O3S/c1-16(13,14)12-8-5-4-7(9(10)11-8)15-6-2-3-6/h4-6H,2-3H2,1H3,(H,11,12). The monoisotopic (exact) mass is 306 g/mol. The molecule has 0 amide bonds. The Morgan fingerprint density at radius 3 is 2.69 bits per heavy atom. The zero-order valence-corrected chi connectivity index (χ0v) is 11.0. The van der Waals surface area contributed by atoms with Crippen LogP contribution in [0.25, 0.3) is 0 Å². The molecule has 1 aromatic heterocycles. The average Bonchev–Trinajstić information content (AvgIpc) is 2.90. The van der Waals surface area contributed by atoms with E-state index < -0.39 is 10.0 Å².